The van der Waals surface area contributed by atoms with E-state index in [4.69, 9.17) is 0 Å². The minimum atomic E-state index is -0.196. The molecule has 1 aromatic carbocycles. The molecule has 3 rings (SSSR count). The molecule has 1 aliphatic heterocycles. The monoisotopic (exact) mass is 352 g/mol. The van der Waals surface area contributed by atoms with Crippen LogP contribution in [0.2, 0.25) is 0 Å². The first kappa shape index (κ1) is 17.9. The second-order valence-electron chi connectivity index (χ2n) is 6.87. The van der Waals surface area contributed by atoms with E-state index in [-0.39, 0.29) is 24.5 Å². The van der Waals surface area contributed by atoms with E-state index >= 15 is 0 Å². The van der Waals surface area contributed by atoms with Gasteiger partial charge in [-0.2, -0.15) is 0 Å². The van der Waals surface area contributed by atoms with Crippen LogP contribution in [0.3, 0.4) is 0 Å². The summed E-state index contributed by atoms with van der Waals surface area (Å²) in [4.78, 5) is 31.1. The van der Waals surface area contributed by atoms with E-state index in [0.29, 0.717) is 18.0 Å². The molecule has 0 bridgehead atoms. The minimum Gasteiger partial charge on any atom is -0.364 e. The second kappa shape index (κ2) is 7.99. The predicted octanol–water partition coefficient (Wildman–Crippen LogP) is 2.64. The highest BCUT2D eigenvalue weighted by atomic mass is 16.2. The van der Waals surface area contributed by atoms with Crippen molar-refractivity contribution in [1.29, 1.82) is 0 Å². The molecule has 1 atom stereocenters. The SMILES string of the molecule is CC(C)C[C@H]1Nc2ccccc2C(=O)N1CC(=O)NCc1ccccn1. The van der Waals surface area contributed by atoms with E-state index in [1.54, 1.807) is 17.2 Å². The van der Waals surface area contributed by atoms with Gasteiger partial charge in [-0.25, -0.2) is 0 Å². The molecule has 2 amide bonds. The van der Waals surface area contributed by atoms with E-state index in [0.717, 1.165) is 17.8 Å². The summed E-state index contributed by atoms with van der Waals surface area (Å²) < 4.78 is 0. The number of para-hydroxylation sites is 1. The lowest BCUT2D eigenvalue weighted by atomic mass is 10.0. The molecule has 0 spiro atoms. The molecule has 0 saturated carbocycles. The lowest BCUT2D eigenvalue weighted by Gasteiger charge is -2.38. The number of hydrogen-bond acceptors (Lipinski definition) is 4. The van der Waals surface area contributed by atoms with Crippen LogP contribution in [0.25, 0.3) is 0 Å². The number of rotatable bonds is 6. The molecule has 6 heteroatoms. The van der Waals surface area contributed by atoms with Gasteiger partial charge < -0.3 is 15.5 Å². The summed E-state index contributed by atoms with van der Waals surface area (Å²) in [5.41, 5.74) is 2.21. The highest BCUT2D eigenvalue weighted by Crippen LogP contribution is 2.27. The number of benzene rings is 1. The van der Waals surface area contributed by atoms with E-state index in [9.17, 15) is 9.59 Å². The van der Waals surface area contributed by atoms with E-state index in [1.165, 1.54) is 0 Å². The maximum Gasteiger partial charge on any atom is 0.258 e. The smallest absolute Gasteiger partial charge is 0.258 e. The summed E-state index contributed by atoms with van der Waals surface area (Å²) in [6, 6.07) is 13.0. The van der Waals surface area contributed by atoms with Gasteiger partial charge >= 0.3 is 0 Å². The zero-order valence-corrected chi connectivity index (χ0v) is 15.1. The standard InChI is InChI=1S/C20H24N4O2/c1-14(2)11-18-23-17-9-4-3-8-16(17)20(26)24(18)13-19(25)22-12-15-7-5-6-10-21-15/h3-10,14,18,23H,11-13H2,1-2H3,(H,22,25)/t18-/m0/s1. The Hall–Kier alpha value is -2.89. The number of hydrogen-bond donors (Lipinski definition) is 2. The Bertz CT molecular complexity index is 776. The predicted molar refractivity (Wildman–Crippen MR) is 100 cm³/mol. The first-order valence-corrected chi connectivity index (χ1v) is 8.87. The Labute approximate surface area is 153 Å². The molecular formula is C20H24N4O2. The molecule has 0 aliphatic carbocycles. The number of pyridine rings is 1. The number of anilines is 1. The van der Waals surface area contributed by atoms with E-state index in [1.807, 2.05) is 36.4 Å². The van der Waals surface area contributed by atoms with Gasteiger partial charge in [0.15, 0.2) is 0 Å². The van der Waals surface area contributed by atoms with Gasteiger partial charge in [0.2, 0.25) is 5.91 Å². The average Bonchev–Trinajstić information content (AvgIpc) is 2.64. The number of fused-ring (bicyclic) bond motifs is 1. The summed E-state index contributed by atoms with van der Waals surface area (Å²) in [5, 5.41) is 6.24. The number of carbonyl (C=O) groups is 2. The molecule has 0 unspecified atom stereocenters. The topological polar surface area (TPSA) is 74.3 Å². The van der Waals surface area contributed by atoms with Gasteiger partial charge in [0.25, 0.3) is 5.91 Å². The number of nitrogens with zero attached hydrogens (tertiary/aromatic N) is 2. The van der Waals surface area contributed by atoms with Crippen LogP contribution in [0.15, 0.2) is 48.7 Å². The van der Waals surface area contributed by atoms with Crippen molar-refractivity contribution >= 4 is 17.5 Å². The number of aromatic nitrogens is 1. The van der Waals surface area contributed by atoms with Gasteiger partial charge in [-0.05, 0) is 36.6 Å². The third-order valence-electron chi connectivity index (χ3n) is 4.32. The van der Waals surface area contributed by atoms with Gasteiger partial charge in [-0.15, -0.1) is 0 Å². The van der Waals surface area contributed by atoms with Crippen molar-refractivity contribution in [3.05, 3.63) is 59.9 Å². The quantitative estimate of drug-likeness (QED) is 0.838. The van der Waals surface area contributed by atoms with Gasteiger partial charge in [-0.1, -0.05) is 32.0 Å². The van der Waals surface area contributed by atoms with Crippen LogP contribution < -0.4 is 10.6 Å². The number of carbonyl (C=O) groups excluding carboxylic acids is 2. The van der Waals surface area contributed by atoms with Crippen molar-refractivity contribution < 1.29 is 9.59 Å². The molecule has 26 heavy (non-hydrogen) atoms. The fourth-order valence-corrected chi connectivity index (χ4v) is 3.07. The third kappa shape index (κ3) is 4.20. The fraction of sp³-hybridized carbons (Fsp3) is 0.350. The fourth-order valence-electron chi connectivity index (χ4n) is 3.07. The molecular weight excluding hydrogens is 328 g/mol. The third-order valence-corrected chi connectivity index (χ3v) is 4.32. The Morgan fingerprint density at radius 1 is 1.23 bits per heavy atom. The molecule has 0 saturated heterocycles. The first-order valence-electron chi connectivity index (χ1n) is 8.87. The van der Waals surface area contributed by atoms with Crippen LogP contribution in [-0.2, 0) is 11.3 Å². The van der Waals surface area contributed by atoms with Crippen molar-refractivity contribution in [2.24, 2.45) is 5.92 Å². The molecule has 6 nitrogen and oxygen atoms in total. The van der Waals surface area contributed by atoms with E-state index in [2.05, 4.69) is 29.5 Å². The summed E-state index contributed by atoms with van der Waals surface area (Å²) in [5.74, 6) is 0.0848. The zero-order valence-electron chi connectivity index (χ0n) is 15.1. The van der Waals surface area contributed by atoms with Crippen LogP contribution in [0.1, 0.15) is 36.3 Å². The highest BCUT2D eigenvalue weighted by molar-refractivity contribution is 6.03. The van der Waals surface area contributed by atoms with Crippen LogP contribution in [-0.4, -0.2) is 34.4 Å². The Morgan fingerprint density at radius 2 is 2.00 bits per heavy atom. The van der Waals surface area contributed by atoms with Crippen molar-refractivity contribution in [3.63, 3.8) is 0 Å². The first-order chi connectivity index (χ1) is 12.5. The van der Waals surface area contributed by atoms with Crippen molar-refractivity contribution in [1.82, 2.24) is 15.2 Å². The van der Waals surface area contributed by atoms with Crippen molar-refractivity contribution in [3.8, 4) is 0 Å². The Kier molecular flexibility index (Phi) is 5.51. The van der Waals surface area contributed by atoms with Gasteiger partial charge in [-0.3, -0.25) is 14.6 Å². The number of nitrogens with one attached hydrogen (secondary N) is 2. The van der Waals surface area contributed by atoms with Crippen LogP contribution in [0, 0.1) is 5.92 Å². The minimum absolute atomic E-state index is 0.0182. The van der Waals surface area contributed by atoms with Gasteiger partial charge in [0, 0.05) is 11.9 Å². The lowest BCUT2D eigenvalue weighted by molar-refractivity contribution is -0.122. The Morgan fingerprint density at radius 3 is 2.73 bits per heavy atom. The normalized spacial score (nSPS) is 16.2. The lowest BCUT2D eigenvalue weighted by Crippen LogP contribution is -2.52. The summed E-state index contributed by atoms with van der Waals surface area (Å²) >= 11 is 0. The van der Waals surface area contributed by atoms with Crippen LogP contribution in [0.4, 0.5) is 5.69 Å². The summed E-state index contributed by atoms with van der Waals surface area (Å²) in [6.07, 6.45) is 2.26. The maximum atomic E-state index is 12.9. The molecule has 2 heterocycles. The molecule has 2 aromatic rings. The number of amides is 2. The van der Waals surface area contributed by atoms with Crippen molar-refractivity contribution in [2.45, 2.75) is 33.0 Å². The zero-order chi connectivity index (χ0) is 18.5. The van der Waals surface area contributed by atoms with Crippen molar-refractivity contribution in [2.75, 3.05) is 11.9 Å². The average molecular weight is 352 g/mol. The molecule has 0 radical (unpaired) electrons. The molecule has 136 valence electrons. The largest absolute Gasteiger partial charge is 0.364 e. The highest BCUT2D eigenvalue weighted by Gasteiger charge is 2.33. The molecule has 1 aromatic heterocycles. The second-order valence-corrected chi connectivity index (χ2v) is 6.87. The molecule has 0 fully saturated rings. The van der Waals surface area contributed by atoms with Gasteiger partial charge in [0.05, 0.1) is 17.8 Å². The van der Waals surface area contributed by atoms with E-state index < -0.39 is 0 Å². The molecule has 2 N–H and O–H groups in total. The summed E-state index contributed by atoms with van der Waals surface area (Å²) in [6.45, 7) is 4.57. The maximum absolute atomic E-state index is 12.9. The van der Waals surface area contributed by atoms with Gasteiger partial charge in [0.1, 0.15) is 12.7 Å². The van der Waals surface area contributed by atoms with Crippen LogP contribution >= 0.6 is 0 Å². The molecule has 1 aliphatic rings. The Balaban J connectivity index is 1.70. The van der Waals surface area contributed by atoms with Crippen LogP contribution in [0.5, 0.6) is 0 Å². The summed E-state index contributed by atoms with van der Waals surface area (Å²) in [7, 11) is 0.